The average molecular weight is 328 g/mol. The fourth-order valence-electron chi connectivity index (χ4n) is 2.89. The monoisotopic (exact) mass is 328 g/mol. The normalized spacial score (nSPS) is 17.0. The van der Waals surface area contributed by atoms with E-state index in [9.17, 15) is 4.79 Å². The van der Waals surface area contributed by atoms with E-state index in [1.807, 2.05) is 16.9 Å². The van der Waals surface area contributed by atoms with Crippen LogP contribution < -0.4 is 10.6 Å². The smallest absolute Gasteiger partial charge is 0.319 e. The van der Waals surface area contributed by atoms with Crippen molar-refractivity contribution in [1.82, 2.24) is 15.1 Å². The van der Waals surface area contributed by atoms with Crippen molar-refractivity contribution in [2.75, 3.05) is 18.5 Å². The Hall–Kier alpha value is -2.34. The lowest BCUT2D eigenvalue weighted by atomic mass is 10.1. The summed E-state index contributed by atoms with van der Waals surface area (Å²) in [5, 5.41) is 9.94. The third kappa shape index (κ3) is 4.83. The van der Waals surface area contributed by atoms with Crippen molar-refractivity contribution < 1.29 is 9.53 Å². The molecule has 1 aliphatic rings. The Kier molecular flexibility index (Phi) is 5.48. The molecule has 1 atom stereocenters. The van der Waals surface area contributed by atoms with E-state index in [0.717, 1.165) is 32.4 Å². The lowest BCUT2D eigenvalue weighted by molar-refractivity contribution is 0.0940. The van der Waals surface area contributed by atoms with E-state index in [4.69, 9.17) is 4.74 Å². The molecule has 1 aromatic carbocycles. The van der Waals surface area contributed by atoms with Gasteiger partial charge in [0.1, 0.15) is 0 Å². The van der Waals surface area contributed by atoms with Gasteiger partial charge in [-0.3, -0.25) is 4.68 Å². The van der Waals surface area contributed by atoms with Gasteiger partial charge in [-0.15, -0.1) is 0 Å². The minimum Gasteiger partial charge on any atom is -0.376 e. The van der Waals surface area contributed by atoms with E-state index in [2.05, 4.69) is 40.9 Å². The molecule has 1 fully saturated rings. The summed E-state index contributed by atoms with van der Waals surface area (Å²) in [6.07, 6.45) is 6.73. The van der Waals surface area contributed by atoms with E-state index in [0.29, 0.717) is 12.2 Å². The third-order valence-electron chi connectivity index (χ3n) is 4.09. The van der Waals surface area contributed by atoms with E-state index in [-0.39, 0.29) is 12.1 Å². The molecular formula is C18H24N4O2. The zero-order chi connectivity index (χ0) is 16.8. The highest BCUT2D eigenvalue weighted by Gasteiger charge is 2.16. The van der Waals surface area contributed by atoms with Gasteiger partial charge in [-0.2, -0.15) is 5.10 Å². The Morgan fingerprint density at radius 2 is 2.38 bits per heavy atom. The first-order valence-electron chi connectivity index (χ1n) is 8.43. The molecular weight excluding hydrogens is 304 g/mol. The number of ether oxygens (including phenoxy) is 1. The number of hydrogen-bond donors (Lipinski definition) is 2. The average Bonchev–Trinajstić information content (AvgIpc) is 3.20. The highest BCUT2D eigenvalue weighted by atomic mass is 16.5. The maximum Gasteiger partial charge on any atom is 0.319 e. The number of amides is 2. The zero-order valence-electron chi connectivity index (χ0n) is 14.0. The Morgan fingerprint density at radius 3 is 3.17 bits per heavy atom. The summed E-state index contributed by atoms with van der Waals surface area (Å²) in [5.41, 5.74) is 3.15. The van der Waals surface area contributed by atoms with Crippen LogP contribution in [-0.4, -0.2) is 35.1 Å². The van der Waals surface area contributed by atoms with Crippen molar-refractivity contribution in [1.29, 1.82) is 0 Å². The second-order valence-electron chi connectivity index (χ2n) is 6.21. The van der Waals surface area contributed by atoms with Gasteiger partial charge in [-0.05, 0) is 31.7 Å². The highest BCUT2D eigenvalue weighted by Crippen LogP contribution is 2.14. The van der Waals surface area contributed by atoms with Crippen molar-refractivity contribution >= 4 is 11.7 Å². The number of nitrogens with zero attached hydrogens (tertiary/aromatic N) is 2. The number of urea groups is 1. The molecule has 3 rings (SSSR count). The molecule has 2 aromatic rings. The van der Waals surface area contributed by atoms with Gasteiger partial charge in [-0.25, -0.2) is 4.79 Å². The molecule has 2 amide bonds. The van der Waals surface area contributed by atoms with Gasteiger partial charge in [-0.1, -0.05) is 29.8 Å². The molecule has 0 bridgehead atoms. The zero-order valence-corrected chi connectivity index (χ0v) is 14.0. The molecule has 6 nitrogen and oxygen atoms in total. The van der Waals surface area contributed by atoms with Crippen LogP contribution in [0.5, 0.6) is 0 Å². The van der Waals surface area contributed by atoms with Gasteiger partial charge in [0.05, 0.1) is 24.5 Å². The molecule has 1 saturated heterocycles. The van der Waals surface area contributed by atoms with Gasteiger partial charge in [0.15, 0.2) is 0 Å². The number of carbonyl (C=O) groups excluding carboxylic acids is 1. The second-order valence-corrected chi connectivity index (χ2v) is 6.21. The van der Waals surface area contributed by atoms with E-state index < -0.39 is 0 Å². The molecule has 6 heteroatoms. The summed E-state index contributed by atoms with van der Waals surface area (Å²) in [6, 6.07) is 8.10. The number of anilines is 1. The molecule has 0 spiro atoms. The van der Waals surface area contributed by atoms with Crippen LogP contribution >= 0.6 is 0 Å². The van der Waals surface area contributed by atoms with E-state index >= 15 is 0 Å². The largest absolute Gasteiger partial charge is 0.376 e. The van der Waals surface area contributed by atoms with Crippen LogP contribution in [0.4, 0.5) is 10.5 Å². The first-order chi connectivity index (χ1) is 11.7. The molecule has 2 heterocycles. The summed E-state index contributed by atoms with van der Waals surface area (Å²) in [6.45, 7) is 4.23. The first-order valence-corrected chi connectivity index (χ1v) is 8.43. The molecule has 128 valence electrons. The van der Waals surface area contributed by atoms with Crippen LogP contribution in [0.3, 0.4) is 0 Å². The van der Waals surface area contributed by atoms with Crippen LogP contribution in [0.25, 0.3) is 0 Å². The van der Waals surface area contributed by atoms with Gasteiger partial charge >= 0.3 is 6.03 Å². The fraction of sp³-hybridized carbons (Fsp3) is 0.444. The Morgan fingerprint density at radius 1 is 1.46 bits per heavy atom. The SMILES string of the molecule is Cc1cccc(CCNC(=O)Nc2cnn(CC3CCCO3)c2)c1. The third-order valence-corrected chi connectivity index (χ3v) is 4.09. The maximum atomic E-state index is 11.9. The standard InChI is InChI=1S/C18H24N4O2/c1-14-4-2-5-15(10-14)7-8-19-18(23)21-16-11-20-22(12-16)13-17-6-3-9-24-17/h2,4-5,10-12,17H,3,6-9,13H2,1H3,(H2,19,21,23). The Bertz CT molecular complexity index is 677. The van der Waals surface area contributed by atoms with Crippen molar-refractivity contribution in [2.24, 2.45) is 0 Å². The first kappa shape index (κ1) is 16.5. The van der Waals surface area contributed by atoms with Gasteiger partial charge in [0, 0.05) is 19.3 Å². The number of nitrogens with one attached hydrogen (secondary N) is 2. The van der Waals surface area contributed by atoms with Crippen molar-refractivity contribution in [2.45, 2.75) is 38.8 Å². The fourth-order valence-corrected chi connectivity index (χ4v) is 2.89. The minimum absolute atomic E-state index is 0.209. The van der Waals surface area contributed by atoms with Crippen molar-refractivity contribution in [3.63, 3.8) is 0 Å². The summed E-state index contributed by atoms with van der Waals surface area (Å²) >= 11 is 0. The number of hydrogen-bond acceptors (Lipinski definition) is 3. The lowest BCUT2D eigenvalue weighted by Gasteiger charge is -2.08. The number of benzene rings is 1. The van der Waals surface area contributed by atoms with Crippen LogP contribution in [0.1, 0.15) is 24.0 Å². The number of aromatic nitrogens is 2. The molecule has 1 aliphatic heterocycles. The molecule has 1 unspecified atom stereocenters. The predicted molar refractivity (Wildman–Crippen MR) is 93.1 cm³/mol. The molecule has 0 aliphatic carbocycles. The Balaban J connectivity index is 1.40. The van der Waals surface area contributed by atoms with Crippen LogP contribution in [0, 0.1) is 6.92 Å². The summed E-state index contributed by atoms with van der Waals surface area (Å²) in [4.78, 5) is 11.9. The second kappa shape index (κ2) is 7.97. The lowest BCUT2D eigenvalue weighted by Crippen LogP contribution is -2.30. The minimum atomic E-state index is -0.209. The van der Waals surface area contributed by atoms with Crippen LogP contribution in [0.15, 0.2) is 36.7 Å². The van der Waals surface area contributed by atoms with Crippen LogP contribution in [0.2, 0.25) is 0 Å². The number of aryl methyl sites for hydroxylation is 1. The summed E-state index contributed by atoms with van der Waals surface area (Å²) < 4.78 is 7.41. The maximum absolute atomic E-state index is 11.9. The topological polar surface area (TPSA) is 68.2 Å². The summed E-state index contributed by atoms with van der Waals surface area (Å²) in [7, 11) is 0. The van der Waals surface area contributed by atoms with Gasteiger partial charge < -0.3 is 15.4 Å². The Labute approximate surface area is 142 Å². The van der Waals surface area contributed by atoms with Gasteiger partial charge in [0.2, 0.25) is 0 Å². The molecule has 1 aromatic heterocycles. The van der Waals surface area contributed by atoms with Gasteiger partial charge in [0.25, 0.3) is 0 Å². The quantitative estimate of drug-likeness (QED) is 0.857. The molecule has 24 heavy (non-hydrogen) atoms. The van der Waals surface area contributed by atoms with Crippen molar-refractivity contribution in [3.8, 4) is 0 Å². The van der Waals surface area contributed by atoms with Crippen LogP contribution in [-0.2, 0) is 17.7 Å². The number of carbonyl (C=O) groups is 1. The summed E-state index contributed by atoms with van der Waals surface area (Å²) in [5.74, 6) is 0. The number of rotatable bonds is 6. The van der Waals surface area contributed by atoms with E-state index in [1.165, 1.54) is 11.1 Å². The highest BCUT2D eigenvalue weighted by molar-refractivity contribution is 5.88. The molecule has 0 saturated carbocycles. The van der Waals surface area contributed by atoms with Crippen molar-refractivity contribution in [3.05, 3.63) is 47.8 Å². The molecule has 0 radical (unpaired) electrons. The molecule has 2 N–H and O–H groups in total. The van der Waals surface area contributed by atoms with E-state index in [1.54, 1.807) is 6.20 Å². The predicted octanol–water partition coefficient (Wildman–Crippen LogP) is 2.73.